The molecule has 37 heavy (non-hydrogen) atoms. The summed E-state index contributed by atoms with van der Waals surface area (Å²) in [6, 6.07) is 22.9. The third-order valence-corrected chi connectivity index (χ3v) is 6.59. The lowest BCUT2D eigenvalue weighted by molar-refractivity contribution is 0.0615. The first-order chi connectivity index (χ1) is 18.2. The molecule has 1 fully saturated rings. The molecule has 3 aromatic carbocycles. The largest absolute Gasteiger partial charge is 0.497 e. The number of carbonyl (C=O) groups is 1. The van der Waals surface area contributed by atoms with Crippen molar-refractivity contribution in [3.8, 4) is 28.5 Å². The molecule has 0 N–H and O–H groups in total. The quantitative estimate of drug-likeness (QED) is 0.339. The molecule has 0 aliphatic carbocycles. The summed E-state index contributed by atoms with van der Waals surface area (Å²) in [5.74, 6) is 2.55. The summed E-state index contributed by atoms with van der Waals surface area (Å²) in [7, 11) is 1.63. The van der Waals surface area contributed by atoms with Gasteiger partial charge in [0.25, 0.3) is 5.91 Å². The molecule has 6 rings (SSSR count). The van der Waals surface area contributed by atoms with Gasteiger partial charge in [-0.05, 0) is 42.5 Å². The number of amides is 1. The van der Waals surface area contributed by atoms with E-state index in [9.17, 15) is 4.79 Å². The van der Waals surface area contributed by atoms with Crippen LogP contribution in [0.3, 0.4) is 0 Å². The second-order valence-electron chi connectivity index (χ2n) is 8.92. The zero-order valence-electron chi connectivity index (χ0n) is 20.3. The third-order valence-electron chi connectivity index (χ3n) is 6.59. The van der Waals surface area contributed by atoms with Crippen LogP contribution >= 0.6 is 0 Å². The van der Waals surface area contributed by atoms with Crippen LogP contribution < -0.4 is 4.74 Å². The number of fused-ring (bicyclic) bond motifs is 1. The Morgan fingerprint density at radius 1 is 0.892 bits per heavy atom. The molecule has 0 radical (unpaired) electrons. The summed E-state index contributed by atoms with van der Waals surface area (Å²) in [5.41, 5.74) is 3.15. The number of carbonyl (C=O) groups excluding carboxylic acids is 1. The highest BCUT2D eigenvalue weighted by Gasteiger charge is 2.24. The summed E-state index contributed by atoms with van der Waals surface area (Å²) >= 11 is 0. The van der Waals surface area contributed by atoms with E-state index < -0.39 is 0 Å². The van der Waals surface area contributed by atoms with Crippen molar-refractivity contribution in [3.63, 3.8) is 0 Å². The van der Waals surface area contributed by atoms with Crippen LogP contribution in [-0.2, 0) is 6.54 Å². The van der Waals surface area contributed by atoms with Crippen molar-refractivity contribution in [2.45, 2.75) is 6.54 Å². The van der Waals surface area contributed by atoms with Gasteiger partial charge in [0.1, 0.15) is 11.3 Å². The van der Waals surface area contributed by atoms with Crippen LogP contribution in [0.1, 0.15) is 16.2 Å². The lowest BCUT2D eigenvalue weighted by Crippen LogP contribution is -2.48. The second kappa shape index (κ2) is 9.87. The van der Waals surface area contributed by atoms with E-state index in [0.29, 0.717) is 42.7 Å². The molecule has 0 bridgehead atoms. The van der Waals surface area contributed by atoms with Crippen molar-refractivity contribution < 1.29 is 18.6 Å². The van der Waals surface area contributed by atoms with Crippen LogP contribution in [0.2, 0.25) is 0 Å². The number of rotatable bonds is 6. The van der Waals surface area contributed by atoms with Gasteiger partial charge in [-0.2, -0.15) is 4.98 Å². The lowest BCUT2D eigenvalue weighted by Gasteiger charge is -2.34. The van der Waals surface area contributed by atoms with E-state index in [1.54, 1.807) is 7.11 Å². The van der Waals surface area contributed by atoms with Gasteiger partial charge in [0.05, 0.1) is 19.0 Å². The van der Waals surface area contributed by atoms with Gasteiger partial charge in [0.15, 0.2) is 5.76 Å². The molecule has 1 saturated heterocycles. The molecule has 1 aliphatic heterocycles. The maximum absolute atomic E-state index is 13.3. The van der Waals surface area contributed by atoms with Gasteiger partial charge in [0.2, 0.25) is 11.7 Å². The maximum Gasteiger partial charge on any atom is 0.253 e. The zero-order valence-corrected chi connectivity index (χ0v) is 20.3. The predicted octanol–water partition coefficient (Wildman–Crippen LogP) is 4.51. The van der Waals surface area contributed by atoms with E-state index in [4.69, 9.17) is 13.8 Å². The molecule has 186 valence electrons. The molecular formula is C28H25N5O4. The Morgan fingerprint density at radius 2 is 1.68 bits per heavy atom. The number of benzene rings is 3. The molecule has 0 atom stereocenters. The highest BCUT2D eigenvalue weighted by atomic mass is 16.5. The number of methoxy groups -OCH3 is 1. The van der Waals surface area contributed by atoms with Crippen molar-refractivity contribution >= 4 is 16.8 Å². The molecule has 9 nitrogen and oxygen atoms in total. The van der Waals surface area contributed by atoms with Gasteiger partial charge in [-0.25, -0.2) is 0 Å². The summed E-state index contributed by atoms with van der Waals surface area (Å²) in [5, 5.41) is 9.10. The minimum atomic E-state index is 0.00124. The normalized spacial score (nSPS) is 14.2. The van der Waals surface area contributed by atoms with Crippen molar-refractivity contribution in [3.05, 3.63) is 84.3 Å². The van der Waals surface area contributed by atoms with Crippen molar-refractivity contribution in [1.82, 2.24) is 25.1 Å². The van der Waals surface area contributed by atoms with Crippen LogP contribution in [0.15, 0.2) is 81.8 Å². The van der Waals surface area contributed by atoms with Gasteiger partial charge in [0, 0.05) is 42.9 Å². The fraction of sp³-hybridized carbons (Fsp3) is 0.214. The minimum absolute atomic E-state index is 0.00124. The number of nitrogens with zero attached hydrogens (tertiary/aromatic N) is 5. The predicted molar refractivity (Wildman–Crippen MR) is 137 cm³/mol. The van der Waals surface area contributed by atoms with Crippen LogP contribution in [0.4, 0.5) is 0 Å². The maximum atomic E-state index is 13.3. The molecule has 1 aliphatic rings. The van der Waals surface area contributed by atoms with Gasteiger partial charge in [-0.1, -0.05) is 40.6 Å². The number of aromatic nitrogens is 3. The molecule has 0 unspecified atom stereocenters. The number of hydrogen-bond donors (Lipinski definition) is 0. The average molecular weight is 496 g/mol. The zero-order chi connectivity index (χ0) is 25.2. The number of hydrogen-bond acceptors (Lipinski definition) is 8. The van der Waals surface area contributed by atoms with Crippen LogP contribution in [0.25, 0.3) is 33.6 Å². The summed E-state index contributed by atoms with van der Waals surface area (Å²) in [4.78, 5) is 21.9. The molecule has 0 saturated carbocycles. The highest BCUT2D eigenvalue weighted by molar-refractivity contribution is 6.01. The van der Waals surface area contributed by atoms with Crippen molar-refractivity contribution in [2.24, 2.45) is 0 Å². The Labute approximate surface area is 213 Å². The fourth-order valence-electron chi connectivity index (χ4n) is 4.53. The Bertz CT molecular complexity index is 1520. The monoisotopic (exact) mass is 495 g/mol. The van der Waals surface area contributed by atoms with Crippen LogP contribution in [-0.4, -0.2) is 64.3 Å². The Hall–Kier alpha value is -4.50. The first kappa shape index (κ1) is 22.9. The minimum Gasteiger partial charge on any atom is -0.497 e. The highest BCUT2D eigenvalue weighted by Crippen LogP contribution is 2.29. The number of piperazine rings is 1. The first-order valence-electron chi connectivity index (χ1n) is 12.1. The van der Waals surface area contributed by atoms with E-state index >= 15 is 0 Å². The Morgan fingerprint density at radius 3 is 2.43 bits per heavy atom. The second-order valence-corrected chi connectivity index (χ2v) is 8.92. The van der Waals surface area contributed by atoms with E-state index in [-0.39, 0.29) is 5.91 Å². The lowest BCUT2D eigenvalue weighted by atomic mass is 10.1. The average Bonchev–Trinajstić information content (AvgIpc) is 3.60. The van der Waals surface area contributed by atoms with Gasteiger partial charge >= 0.3 is 0 Å². The van der Waals surface area contributed by atoms with Crippen molar-refractivity contribution in [2.75, 3.05) is 33.3 Å². The first-order valence-corrected chi connectivity index (χ1v) is 12.1. The summed E-state index contributed by atoms with van der Waals surface area (Å²) < 4.78 is 16.3. The van der Waals surface area contributed by atoms with E-state index in [1.807, 2.05) is 77.7 Å². The molecule has 9 heteroatoms. The summed E-state index contributed by atoms with van der Waals surface area (Å²) in [6.45, 7) is 3.21. The van der Waals surface area contributed by atoms with E-state index in [1.165, 1.54) is 0 Å². The van der Waals surface area contributed by atoms with Gasteiger partial charge < -0.3 is 18.7 Å². The van der Waals surface area contributed by atoms with Crippen LogP contribution in [0.5, 0.6) is 5.75 Å². The topological polar surface area (TPSA) is 97.7 Å². The SMILES string of the molecule is COc1ccc(-c2noc(CN3CCN(C(=O)c4ccc5noc(-c6ccccc6)c5c4)CC3)n2)cc1. The third kappa shape index (κ3) is 4.68. The van der Waals surface area contributed by atoms with Gasteiger partial charge in [-0.15, -0.1) is 0 Å². The standard InChI is InChI=1S/C28H25N5O4/c1-35-22-10-7-20(8-11-22)27-29-25(36-31-27)18-32-13-15-33(16-14-32)28(34)21-9-12-24-23(17-21)26(37-30-24)19-5-3-2-4-6-19/h2-12,17H,13-16,18H2,1H3. The number of ether oxygens (including phenoxy) is 1. The molecule has 2 aromatic heterocycles. The fourth-order valence-corrected chi connectivity index (χ4v) is 4.53. The summed E-state index contributed by atoms with van der Waals surface area (Å²) in [6.07, 6.45) is 0. The Kier molecular flexibility index (Phi) is 6.11. The molecule has 1 amide bonds. The van der Waals surface area contributed by atoms with Crippen LogP contribution in [0, 0.1) is 0 Å². The van der Waals surface area contributed by atoms with Crippen molar-refractivity contribution in [1.29, 1.82) is 0 Å². The molecule has 3 heterocycles. The molecular weight excluding hydrogens is 470 g/mol. The van der Waals surface area contributed by atoms with Gasteiger partial charge in [-0.3, -0.25) is 9.69 Å². The van der Waals surface area contributed by atoms with E-state index in [2.05, 4.69) is 20.2 Å². The molecule has 5 aromatic rings. The Balaban J connectivity index is 1.09. The molecule has 0 spiro atoms. The van der Waals surface area contributed by atoms with E-state index in [0.717, 1.165) is 40.9 Å². The smallest absolute Gasteiger partial charge is 0.253 e.